The van der Waals surface area contributed by atoms with Gasteiger partial charge in [-0.25, -0.2) is 4.39 Å². The van der Waals surface area contributed by atoms with Gasteiger partial charge < -0.3 is 5.11 Å². The van der Waals surface area contributed by atoms with Crippen LogP contribution in [0.1, 0.15) is 34.7 Å². The van der Waals surface area contributed by atoms with E-state index in [1.807, 2.05) is 6.07 Å². The summed E-state index contributed by atoms with van der Waals surface area (Å²) in [6, 6.07) is 11.1. The first-order chi connectivity index (χ1) is 9.29. The SMILES string of the molecule is Cc1ccc(CC(C)(O)c2ccc(C)c(F)c2)cc1C. The quantitative estimate of drug-likeness (QED) is 0.887. The maximum absolute atomic E-state index is 13.7. The van der Waals surface area contributed by atoms with Gasteiger partial charge in [0.25, 0.3) is 0 Å². The van der Waals surface area contributed by atoms with E-state index < -0.39 is 5.60 Å². The summed E-state index contributed by atoms with van der Waals surface area (Å²) < 4.78 is 13.7. The summed E-state index contributed by atoms with van der Waals surface area (Å²) >= 11 is 0. The molecule has 1 N–H and O–H groups in total. The molecule has 0 spiro atoms. The Morgan fingerprint density at radius 3 is 2.20 bits per heavy atom. The van der Waals surface area contributed by atoms with E-state index >= 15 is 0 Å². The minimum Gasteiger partial charge on any atom is -0.385 e. The number of rotatable bonds is 3. The van der Waals surface area contributed by atoms with E-state index in [0.717, 1.165) is 5.56 Å². The molecule has 20 heavy (non-hydrogen) atoms. The fourth-order valence-corrected chi connectivity index (χ4v) is 2.34. The first-order valence-electron chi connectivity index (χ1n) is 6.85. The van der Waals surface area contributed by atoms with Crippen LogP contribution in [-0.4, -0.2) is 5.11 Å². The van der Waals surface area contributed by atoms with Gasteiger partial charge in [0.05, 0.1) is 5.60 Å². The molecule has 1 nitrogen and oxygen atoms in total. The van der Waals surface area contributed by atoms with Crippen molar-refractivity contribution in [1.29, 1.82) is 0 Å². The number of aliphatic hydroxyl groups is 1. The second-order valence-corrected chi connectivity index (χ2v) is 5.83. The van der Waals surface area contributed by atoms with Crippen LogP contribution in [-0.2, 0) is 12.0 Å². The molecule has 0 radical (unpaired) electrons. The summed E-state index contributed by atoms with van der Waals surface area (Å²) in [5, 5.41) is 10.6. The average Bonchev–Trinajstić information content (AvgIpc) is 2.37. The number of benzene rings is 2. The third kappa shape index (κ3) is 3.07. The van der Waals surface area contributed by atoms with Gasteiger partial charge in [-0.15, -0.1) is 0 Å². The van der Waals surface area contributed by atoms with Crippen molar-refractivity contribution in [3.63, 3.8) is 0 Å². The predicted molar refractivity (Wildman–Crippen MR) is 80.3 cm³/mol. The molecular weight excluding hydrogens is 251 g/mol. The van der Waals surface area contributed by atoms with Crippen LogP contribution in [0, 0.1) is 26.6 Å². The minimum absolute atomic E-state index is 0.275. The molecule has 0 aliphatic heterocycles. The van der Waals surface area contributed by atoms with Gasteiger partial charge in [-0.05, 0) is 61.6 Å². The first kappa shape index (κ1) is 14.7. The molecule has 0 aliphatic carbocycles. The van der Waals surface area contributed by atoms with Crippen LogP contribution in [0.2, 0.25) is 0 Å². The van der Waals surface area contributed by atoms with Crippen molar-refractivity contribution in [2.45, 2.75) is 39.7 Å². The van der Waals surface area contributed by atoms with Crippen LogP contribution in [0.5, 0.6) is 0 Å². The largest absolute Gasteiger partial charge is 0.385 e. The van der Waals surface area contributed by atoms with Gasteiger partial charge in [-0.2, -0.15) is 0 Å². The standard InChI is InChI=1S/C18H21FO/c1-12-5-7-15(9-14(12)3)11-18(4,20)16-8-6-13(2)17(19)10-16/h5-10,20H,11H2,1-4H3. The van der Waals surface area contributed by atoms with Gasteiger partial charge in [0.1, 0.15) is 5.82 Å². The Kier molecular flexibility index (Phi) is 3.96. The molecular formula is C18H21FO. The number of hydrogen-bond donors (Lipinski definition) is 1. The van der Waals surface area contributed by atoms with Crippen LogP contribution >= 0.6 is 0 Å². The van der Waals surface area contributed by atoms with Crippen molar-refractivity contribution in [3.05, 3.63) is 70.0 Å². The zero-order valence-corrected chi connectivity index (χ0v) is 12.5. The third-order valence-electron chi connectivity index (χ3n) is 3.91. The summed E-state index contributed by atoms with van der Waals surface area (Å²) in [4.78, 5) is 0. The Hall–Kier alpha value is -1.67. The molecule has 2 aromatic carbocycles. The van der Waals surface area contributed by atoms with E-state index in [4.69, 9.17) is 0 Å². The molecule has 2 aromatic rings. The Morgan fingerprint density at radius 1 is 0.950 bits per heavy atom. The van der Waals surface area contributed by atoms with Gasteiger partial charge in [0.2, 0.25) is 0 Å². The minimum atomic E-state index is -1.07. The van der Waals surface area contributed by atoms with Gasteiger partial charge >= 0.3 is 0 Å². The summed E-state index contributed by atoms with van der Waals surface area (Å²) in [6.07, 6.45) is 0.469. The molecule has 0 fully saturated rings. The molecule has 2 heteroatoms. The molecule has 2 rings (SSSR count). The monoisotopic (exact) mass is 272 g/mol. The predicted octanol–water partition coefficient (Wildman–Crippen LogP) is 4.20. The molecule has 0 bridgehead atoms. The molecule has 0 saturated heterocycles. The summed E-state index contributed by atoms with van der Waals surface area (Å²) in [5.41, 5.74) is 3.62. The average molecular weight is 272 g/mol. The van der Waals surface area contributed by atoms with E-state index in [1.165, 1.54) is 17.2 Å². The molecule has 0 aliphatic rings. The maximum Gasteiger partial charge on any atom is 0.126 e. The summed E-state index contributed by atoms with van der Waals surface area (Å²) in [6.45, 7) is 7.56. The normalized spacial score (nSPS) is 14.1. The molecule has 1 unspecified atom stereocenters. The molecule has 0 saturated carbocycles. The van der Waals surface area contributed by atoms with Gasteiger partial charge in [-0.3, -0.25) is 0 Å². The molecule has 0 heterocycles. The molecule has 0 amide bonds. The Balaban J connectivity index is 2.29. The van der Waals surface area contributed by atoms with E-state index in [-0.39, 0.29) is 5.82 Å². The zero-order valence-electron chi connectivity index (χ0n) is 12.5. The number of halogens is 1. The first-order valence-corrected chi connectivity index (χ1v) is 6.85. The van der Waals surface area contributed by atoms with Crippen molar-refractivity contribution in [1.82, 2.24) is 0 Å². The summed E-state index contributed by atoms with van der Waals surface area (Å²) in [7, 11) is 0. The fraction of sp³-hybridized carbons (Fsp3) is 0.333. The summed E-state index contributed by atoms with van der Waals surface area (Å²) in [5.74, 6) is -0.275. The second kappa shape index (κ2) is 5.37. The van der Waals surface area contributed by atoms with Crippen molar-refractivity contribution < 1.29 is 9.50 Å². The van der Waals surface area contributed by atoms with Gasteiger partial charge in [-0.1, -0.05) is 30.3 Å². The number of aryl methyl sites for hydroxylation is 3. The lowest BCUT2D eigenvalue weighted by atomic mass is 9.87. The van der Waals surface area contributed by atoms with E-state index in [9.17, 15) is 9.50 Å². The lowest BCUT2D eigenvalue weighted by molar-refractivity contribution is 0.0572. The lowest BCUT2D eigenvalue weighted by Gasteiger charge is -2.24. The van der Waals surface area contributed by atoms with Crippen LogP contribution in [0.4, 0.5) is 4.39 Å². The smallest absolute Gasteiger partial charge is 0.126 e. The highest BCUT2D eigenvalue weighted by molar-refractivity contribution is 5.33. The van der Waals surface area contributed by atoms with Crippen LogP contribution in [0.3, 0.4) is 0 Å². The zero-order chi connectivity index (χ0) is 14.9. The van der Waals surface area contributed by atoms with Crippen LogP contribution < -0.4 is 0 Å². The molecule has 0 aromatic heterocycles. The highest BCUT2D eigenvalue weighted by Gasteiger charge is 2.24. The highest BCUT2D eigenvalue weighted by Crippen LogP contribution is 2.27. The van der Waals surface area contributed by atoms with E-state index in [2.05, 4.69) is 26.0 Å². The Labute approximate surface area is 120 Å². The van der Waals surface area contributed by atoms with E-state index in [1.54, 1.807) is 26.0 Å². The lowest BCUT2D eigenvalue weighted by Crippen LogP contribution is -2.24. The molecule has 1 atom stereocenters. The van der Waals surface area contributed by atoms with Crippen molar-refractivity contribution in [3.8, 4) is 0 Å². The molecule has 106 valence electrons. The van der Waals surface area contributed by atoms with Crippen molar-refractivity contribution in [2.24, 2.45) is 0 Å². The van der Waals surface area contributed by atoms with Gasteiger partial charge in [0.15, 0.2) is 0 Å². The van der Waals surface area contributed by atoms with E-state index in [0.29, 0.717) is 17.5 Å². The third-order valence-corrected chi connectivity index (χ3v) is 3.91. The Bertz CT molecular complexity index is 629. The van der Waals surface area contributed by atoms with Crippen LogP contribution in [0.25, 0.3) is 0 Å². The second-order valence-electron chi connectivity index (χ2n) is 5.83. The number of hydrogen-bond acceptors (Lipinski definition) is 1. The topological polar surface area (TPSA) is 20.2 Å². The fourth-order valence-electron chi connectivity index (χ4n) is 2.34. The Morgan fingerprint density at radius 2 is 1.60 bits per heavy atom. The van der Waals surface area contributed by atoms with Crippen LogP contribution in [0.15, 0.2) is 36.4 Å². The van der Waals surface area contributed by atoms with Gasteiger partial charge in [0, 0.05) is 6.42 Å². The maximum atomic E-state index is 13.7. The highest BCUT2D eigenvalue weighted by atomic mass is 19.1. The van der Waals surface area contributed by atoms with Crippen molar-refractivity contribution >= 4 is 0 Å². The van der Waals surface area contributed by atoms with Crippen molar-refractivity contribution in [2.75, 3.05) is 0 Å².